The molecule has 0 atom stereocenters. The summed E-state index contributed by atoms with van der Waals surface area (Å²) in [7, 11) is 0. The standard InChI is InChI=1S/C13H7F3N2O/c14-6-1-2-11-12(3-6)19-13(18-11)7-4-10(17)9(16)5-8(7)15/h1-5H,17H2. The highest BCUT2D eigenvalue weighted by Gasteiger charge is 2.15. The average molecular weight is 264 g/mol. The van der Waals surface area contributed by atoms with E-state index >= 15 is 0 Å². The molecule has 96 valence electrons. The molecule has 0 saturated carbocycles. The molecule has 0 bridgehead atoms. The molecule has 2 aromatic carbocycles. The van der Waals surface area contributed by atoms with Gasteiger partial charge in [-0.1, -0.05) is 0 Å². The molecule has 3 aromatic rings. The number of nitrogens with two attached hydrogens (primary N) is 1. The molecule has 0 aliphatic carbocycles. The Balaban J connectivity index is 2.21. The number of nitrogens with zero attached hydrogens (tertiary/aromatic N) is 1. The largest absolute Gasteiger partial charge is 0.436 e. The van der Waals surface area contributed by atoms with E-state index in [0.717, 1.165) is 12.1 Å². The van der Waals surface area contributed by atoms with E-state index in [1.807, 2.05) is 0 Å². The highest BCUT2D eigenvalue weighted by atomic mass is 19.1. The van der Waals surface area contributed by atoms with Crippen molar-refractivity contribution in [1.29, 1.82) is 0 Å². The summed E-state index contributed by atoms with van der Waals surface area (Å²) in [5.41, 5.74) is 5.63. The lowest BCUT2D eigenvalue weighted by Crippen LogP contribution is -1.94. The van der Waals surface area contributed by atoms with Crippen molar-refractivity contribution in [2.24, 2.45) is 0 Å². The minimum Gasteiger partial charge on any atom is -0.436 e. The van der Waals surface area contributed by atoms with Crippen LogP contribution in [0.25, 0.3) is 22.6 Å². The molecule has 6 heteroatoms. The quantitative estimate of drug-likeness (QED) is 0.684. The fraction of sp³-hybridized carbons (Fsp3) is 0. The number of rotatable bonds is 1. The van der Waals surface area contributed by atoms with Gasteiger partial charge in [0.15, 0.2) is 5.58 Å². The van der Waals surface area contributed by atoms with Crippen molar-refractivity contribution in [3.05, 3.63) is 47.8 Å². The van der Waals surface area contributed by atoms with Crippen molar-refractivity contribution in [1.82, 2.24) is 4.98 Å². The number of fused-ring (bicyclic) bond motifs is 1. The van der Waals surface area contributed by atoms with E-state index in [4.69, 9.17) is 10.2 Å². The van der Waals surface area contributed by atoms with Crippen molar-refractivity contribution >= 4 is 16.8 Å². The minimum absolute atomic E-state index is 0.0736. The molecule has 1 aromatic heterocycles. The molecule has 0 aliphatic rings. The Kier molecular flexibility index (Phi) is 2.45. The molecular weight excluding hydrogens is 257 g/mol. The Morgan fingerprint density at radius 2 is 1.79 bits per heavy atom. The smallest absolute Gasteiger partial charge is 0.230 e. The van der Waals surface area contributed by atoms with Crippen molar-refractivity contribution in [2.75, 3.05) is 5.73 Å². The lowest BCUT2D eigenvalue weighted by atomic mass is 10.2. The zero-order valence-electron chi connectivity index (χ0n) is 9.45. The summed E-state index contributed by atoms with van der Waals surface area (Å²) in [6, 6.07) is 5.49. The molecule has 0 radical (unpaired) electrons. The lowest BCUT2D eigenvalue weighted by molar-refractivity contribution is 0.572. The maximum Gasteiger partial charge on any atom is 0.230 e. The summed E-state index contributed by atoms with van der Waals surface area (Å²) < 4.78 is 45.0. The van der Waals surface area contributed by atoms with E-state index in [-0.39, 0.29) is 22.7 Å². The van der Waals surface area contributed by atoms with E-state index in [1.54, 1.807) is 0 Å². The van der Waals surface area contributed by atoms with Crippen LogP contribution in [0.5, 0.6) is 0 Å². The van der Waals surface area contributed by atoms with Gasteiger partial charge >= 0.3 is 0 Å². The van der Waals surface area contributed by atoms with E-state index in [2.05, 4.69) is 4.98 Å². The van der Waals surface area contributed by atoms with Gasteiger partial charge in [0.2, 0.25) is 5.89 Å². The van der Waals surface area contributed by atoms with Gasteiger partial charge < -0.3 is 10.2 Å². The summed E-state index contributed by atoms with van der Waals surface area (Å²) in [5, 5.41) is 0. The second kappa shape index (κ2) is 4.01. The van der Waals surface area contributed by atoms with Crippen LogP contribution in [-0.2, 0) is 0 Å². The first-order valence-corrected chi connectivity index (χ1v) is 5.35. The number of benzene rings is 2. The number of oxazole rings is 1. The van der Waals surface area contributed by atoms with Crippen LogP contribution in [0.4, 0.5) is 18.9 Å². The van der Waals surface area contributed by atoms with Gasteiger partial charge in [-0.3, -0.25) is 0 Å². The maximum atomic E-state index is 13.7. The van der Waals surface area contributed by atoms with Crippen molar-refractivity contribution in [2.45, 2.75) is 0 Å². The van der Waals surface area contributed by atoms with Crippen molar-refractivity contribution in [3.8, 4) is 11.5 Å². The van der Waals surface area contributed by atoms with E-state index in [1.165, 1.54) is 12.1 Å². The predicted molar refractivity (Wildman–Crippen MR) is 63.7 cm³/mol. The van der Waals surface area contributed by atoms with Gasteiger partial charge in [-0.2, -0.15) is 0 Å². The molecule has 3 rings (SSSR count). The third-order valence-corrected chi connectivity index (χ3v) is 2.67. The van der Waals surface area contributed by atoms with Crippen LogP contribution >= 0.6 is 0 Å². The zero-order valence-corrected chi connectivity index (χ0v) is 9.45. The third kappa shape index (κ3) is 1.91. The van der Waals surface area contributed by atoms with Crippen molar-refractivity contribution < 1.29 is 17.6 Å². The van der Waals surface area contributed by atoms with Crippen LogP contribution in [0.1, 0.15) is 0 Å². The SMILES string of the molecule is Nc1cc(-c2nc3ccc(F)cc3o2)c(F)cc1F. The van der Waals surface area contributed by atoms with Gasteiger partial charge in [0.1, 0.15) is 23.0 Å². The molecule has 0 spiro atoms. The average Bonchev–Trinajstić information content (AvgIpc) is 2.76. The van der Waals surface area contributed by atoms with Gasteiger partial charge in [0, 0.05) is 12.1 Å². The van der Waals surface area contributed by atoms with E-state index in [9.17, 15) is 13.2 Å². The van der Waals surface area contributed by atoms with Crippen LogP contribution in [0, 0.1) is 17.5 Å². The van der Waals surface area contributed by atoms with Crippen LogP contribution in [0.15, 0.2) is 34.7 Å². The number of anilines is 1. The fourth-order valence-corrected chi connectivity index (χ4v) is 1.74. The first kappa shape index (κ1) is 11.6. The Labute approximate surface area is 105 Å². The topological polar surface area (TPSA) is 52.0 Å². The monoisotopic (exact) mass is 264 g/mol. The van der Waals surface area contributed by atoms with Crippen molar-refractivity contribution in [3.63, 3.8) is 0 Å². The third-order valence-electron chi connectivity index (χ3n) is 2.67. The summed E-state index contributed by atoms with van der Waals surface area (Å²) in [6.07, 6.45) is 0. The van der Waals surface area contributed by atoms with E-state index < -0.39 is 17.5 Å². The first-order valence-electron chi connectivity index (χ1n) is 5.35. The lowest BCUT2D eigenvalue weighted by Gasteiger charge is -2.01. The molecule has 2 N–H and O–H groups in total. The highest BCUT2D eigenvalue weighted by Crippen LogP contribution is 2.29. The Hall–Kier alpha value is -2.50. The molecule has 0 saturated heterocycles. The van der Waals surface area contributed by atoms with Crippen LogP contribution in [0.2, 0.25) is 0 Å². The highest BCUT2D eigenvalue weighted by molar-refractivity contribution is 5.76. The number of aromatic nitrogens is 1. The molecule has 0 unspecified atom stereocenters. The number of nitrogen functional groups attached to an aromatic ring is 1. The molecule has 3 nitrogen and oxygen atoms in total. The summed E-state index contributed by atoms with van der Waals surface area (Å²) in [4.78, 5) is 4.00. The second-order valence-corrected chi connectivity index (χ2v) is 3.98. The van der Waals surface area contributed by atoms with Gasteiger partial charge in [0.25, 0.3) is 0 Å². The van der Waals surface area contributed by atoms with E-state index in [0.29, 0.717) is 11.6 Å². The van der Waals surface area contributed by atoms with Crippen LogP contribution in [0.3, 0.4) is 0 Å². The Morgan fingerprint density at radius 1 is 1.00 bits per heavy atom. The summed E-state index contributed by atoms with van der Waals surface area (Å²) in [5.74, 6) is -2.28. The molecule has 19 heavy (non-hydrogen) atoms. The number of halogens is 3. The Bertz CT molecular complexity index is 783. The second-order valence-electron chi connectivity index (χ2n) is 3.98. The van der Waals surface area contributed by atoms with Gasteiger partial charge in [-0.05, 0) is 18.2 Å². The summed E-state index contributed by atoms with van der Waals surface area (Å²) in [6.45, 7) is 0. The van der Waals surface area contributed by atoms with Gasteiger partial charge in [-0.15, -0.1) is 0 Å². The number of hydrogen-bond donors (Lipinski definition) is 1. The molecule has 0 fully saturated rings. The number of hydrogen-bond acceptors (Lipinski definition) is 3. The van der Waals surface area contributed by atoms with Crippen LogP contribution < -0.4 is 5.73 Å². The maximum absolute atomic E-state index is 13.7. The molecule has 0 aliphatic heterocycles. The first-order chi connectivity index (χ1) is 9.04. The molecular formula is C13H7F3N2O. The van der Waals surface area contributed by atoms with Gasteiger partial charge in [-0.25, -0.2) is 18.2 Å². The van der Waals surface area contributed by atoms with Gasteiger partial charge in [0.05, 0.1) is 11.3 Å². The Morgan fingerprint density at radius 3 is 2.58 bits per heavy atom. The fourth-order valence-electron chi connectivity index (χ4n) is 1.74. The summed E-state index contributed by atoms with van der Waals surface area (Å²) >= 11 is 0. The molecule has 0 amide bonds. The van der Waals surface area contributed by atoms with Crippen LogP contribution in [-0.4, -0.2) is 4.98 Å². The predicted octanol–water partition coefficient (Wildman–Crippen LogP) is 3.49. The zero-order chi connectivity index (χ0) is 13.6. The molecule has 1 heterocycles. The normalized spacial score (nSPS) is 11.1. The minimum atomic E-state index is -0.858.